The maximum Gasteiger partial charge on any atom is 0.236 e. The molecule has 0 N–H and O–H groups in total. The van der Waals surface area contributed by atoms with Crippen LogP contribution in [0.2, 0.25) is 0 Å². The number of rotatable bonds is 4. The van der Waals surface area contributed by atoms with Gasteiger partial charge >= 0.3 is 0 Å². The van der Waals surface area contributed by atoms with Gasteiger partial charge in [-0.2, -0.15) is 0 Å². The van der Waals surface area contributed by atoms with Gasteiger partial charge in [0.1, 0.15) is 30.1 Å². The van der Waals surface area contributed by atoms with Crippen LogP contribution in [0.15, 0.2) is 52.5 Å². The predicted molar refractivity (Wildman–Crippen MR) is 70.5 cm³/mol. The molecule has 0 atom stereocenters. The van der Waals surface area contributed by atoms with Crippen molar-refractivity contribution in [3.05, 3.63) is 59.6 Å². The fourth-order valence-corrected chi connectivity index (χ4v) is 2.23. The maximum absolute atomic E-state index is 12.7. The van der Waals surface area contributed by atoms with E-state index in [9.17, 15) is 4.39 Å². The van der Waals surface area contributed by atoms with E-state index in [0.29, 0.717) is 23.9 Å². The van der Waals surface area contributed by atoms with E-state index in [1.54, 1.807) is 29.7 Å². The Labute approximate surface area is 113 Å². The third-order valence-electron chi connectivity index (χ3n) is 2.48. The molecule has 0 aliphatic rings. The molecule has 1 aromatic carbocycles. The van der Waals surface area contributed by atoms with Crippen LogP contribution in [0, 0.1) is 5.82 Å². The van der Waals surface area contributed by atoms with Gasteiger partial charge in [0.2, 0.25) is 5.89 Å². The molecule has 19 heavy (non-hydrogen) atoms. The Morgan fingerprint density at radius 2 is 2.05 bits per heavy atom. The van der Waals surface area contributed by atoms with E-state index < -0.39 is 0 Å². The quantitative estimate of drug-likeness (QED) is 0.718. The van der Waals surface area contributed by atoms with Crippen LogP contribution in [-0.4, -0.2) is 4.98 Å². The van der Waals surface area contributed by atoms with E-state index in [0.717, 1.165) is 4.88 Å². The topological polar surface area (TPSA) is 35.3 Å². The Balaban J connectivity index is 1.66. The number of hydrogen-bond acceptors (Lipinski definition) is 4. The van der Waals surface area contributed by atoms with Crippen molar-refractivity contribution < 1.29 is 13.5 Å². The third kappa shape index (κ3) is 2.82. The molecule has 0 amide bonds. The number of thiophene rings is 1. The van der Waals surface area contributed by atoms with Crippen molar-refractivity contribution in [2.75, 3.05) is 0 Å². The van der Waals surface area contributed by atoms with E-state index in [-0.39, 0.29) is 5.82 Å². The fourth-order valence-electron chi connectivity index (χ4n) is 1.57. The number of nitrogens with zero attached hydrogens (tertiary/aromatic N) is 1. The number of ether oxygens (including phenoxy) is 1. The van der Waals surface area contributed by atoms with Crippen molar-refractivity contribution in [2.24, 2.45) is 0 Å². The average Bonchev–Trinajstić information content (AvgIpc) is 3.09. The van der Waals surface area contributed by atoms with Crippen LogP contribution in [0.4, 0.5) is 4.39 Å². The summed E-state index contributed by atoms with van der Waals surface area (Å²) < 4.78 is 23.6. The first kappa shape index (κ1) is 11.9. The van der Waals surface area contributed by atoms with Gasteiger partial charge in [0, 0.05) is 0 Å². The van der Waals surface area contributed by atoms with Crippen molar-refractivity contribution in [1.82, 2.24) is 4.98 Å². The van der Waals surface area contributed by atoms with E-state index in [1.165, 1.54) is 12.1 Å². The van der Waals surface area contributed by atoms with Crippen molar-refractivity contribution in [2.45, 2.75) is 6.61 Å². The molecule has 3 aromatic rings. The summed E-state index contributed by atoms with van der Waals surface area (Å²) in [5, 5.41) is 1.97. The molecule has 0 radical (unpaired) electrons. The molecule has 0 saturated carbocycles. The first-order chi connectivity index (χ1) is 9.31. The summed E-state index contributed by atoms with van der Waals surface area (Å²) in [6.45, 7) is 0.292. The van der Waals surface area contributed by atoms with Crippen LogP contribution in [-0.2, 0) is 6.61 Å². The minimum atomic E-state index is -0.284. The first-order valence-electron chi connectivity index (χ1n) is 5.68. The smallest absolute Gasteiger partial charge is 0.236 e. The summed E-state index contributed by atoms with van der Waals surface area (Å²) in [5.41, 5.74) is 0.702. The molecule has 3 nitrogen and oxygen atoms in total. The van der Waals surface area contributed by atoms with Gasteiger partial charge in [-0.05, 0) is 35.7 Å². The molecule has 96 valence electrons. The van der Waals surface area contributed by atoms with Crippen LogP contribution in [0.3, 0.4) is 0 Å². The van der Waals surface area contributed by atoms with Gasteiger partial charge in [0.15, 0.2) is 0 Å². The SMILES string of the molecule is Fc1ccc(OCc2coc(-c3cccs3)n2)cc1. The second kappa shape index (κ2) is 5.24. The lowest BCUT2D eigenvalue weighted by atomic mass is 10.3. The van der Waals surface area contributed by atoms with Gasteiger partial charge in [0.05, 0.1) is 4.88 Å². The molecular weight excluding hydrogens is 265 g/mol. The Bertz CT molecular complexity index is 646. The standard InChI is InChI=1S/C14H10FNO2S/c15-10-3-5-12(6-4-10)17-8-11-9-18-14(16-11)13-2-1-7-19-13/h1-7,9H,8H2. The van der Waals surface area contributed by atoms with Gasteiger partial charge in [0.25, 0.3) is 0 Å². The first-order valence-corrected chi connectivity index (χ1v) is 6.56. The summed E-state index contributed by atoms with van der Waals surface area (Å²) in [7, 11) is 0. The minimum absolute atomic E-state index is 0.284. The summed E-state index contributed by atoms with van der Waals surface area (Å²) in [4.78, 5) is 5.31. The van der Waals surface area contributed by atoms with Crippen molar-refractivity contribution in [3.8, 4) is 16.5 Å². The lowest BCUT2D eigenvalue weighted by Crippen LogP contribution is -1.95. The number of halogens is 1. The van der Waals surface area contributed by atoms with Crippen molar-refractivity contribution in [3.63, 3.8) is 0 Å². The van der Waals surface area contributed by atoms with Gasteiger partial charge in [-0.25, -0.2) is 9.37 Å². The van der Waals surface area contributed by atoms with Crippen molar-refractivity contribution in [1.29, 1.82) is 0 Å². The number of aromatic nitrogens is 1. The highest BCUT2D eigenvalue weighted by molar-refractivity contribution is 7.13. The van der Waals surface area contributed by atoms with E-state index >= 15 is 0 Å². The van der Waals surface area contributed by atoms with Crippen LogP contribution < -0.4 is 4.74 Å². The average molecular weight is 275 g/mol. The van der Waals surface area contributed by atoms with Crippen LogP contribution in [0.25, 0.3) is 10.8 Å². The van der Waals surface area contributed by atoms with Crippen LogP contribution in [0.5, 0.6) is 5.75 Å². The summed E-state index contributed by atoms with van der Waals surface area (Å²) >= 11 is 1.57. The van der Waals surface area contributed by atoms with Gasteiger partial charge in [-0.3, -0.25) is 0 Å². The zero-order chi connectivity index (χ0) is 13.1. The third-order valence-corrected chi connectivity index (χ3v) is 3.34. The zero-order valence-electron chi connectivity index (χ0n) is 9.88. The lowest BCUT2D eigenvalue weighted by Gasteiger charge is -2.02. The molecule has 3 rings (SSSR count). The molecule has 5 heteroatoms. The highest BCUT2D eigenvalue weighted by atomic mass is 32.1. The number of benzene rings is 1. The van der Waals surface area contributed by atoms with E-state index in [1.807, 2.05) is 17.5 Å². The molecule has 0 spiro atoms. The molecule has 2 aromatic heterocycles. The molecule has 0 aliphatic carbocycles. The Morgan fingerprint density at radius 1 is 1.21 bits per heavy atom. The minimum Gasteiger partial charge on any atom is -0.487 e. The van der Waals surface area contributed by atoms with Crippen LogP contribution >= 0.6 is 11.3 Å². The molecule has 0 bridgehead atoms. The second-order valence-corrected chi connectivity index (χ2v) is 4.81. The van der Waals surface area contributed by atoms with Gasteiger partial charge in [-0.1, -0.05) is 6.07 Å². The van der Waals surface area contributed by atoms with E-state index in [4.69, 9.17) is 9.15 Å². The number of hydrogen-bond donors (Lipinski definition) is 0. The summed E-state index contributed by atoms with van der Waals surface area (Å²) in [5.74, 6) is 0.906. The highest BCUT2D eigenvalue weighted by Crippen LogP contribution is 2.24. The molecule has 0 aliphatic heterocycles. The normalized spacial score (nSPS) is 10.6. The van der Waals surface area contributed by atoms with Crippen LogP contribution in [0.1, 0.15) is 5.69 Å². The summed E-state index contributed by atoms with van der Waals surface area (Å²) in [6.07, 6.45) is 1.57. The predicted octanol–water partition coefficient (Wildman–Crippen LogP) is 4.12. The highest BCUT2D eigenvalue weighted by Gasteiger charge is 2.07. The number of oxazole rings is 1. The maximum atomic E-state index is 12.7. The Morgan fingerprint density at radius 3 is 2.79 bits per heavy atom. The Hall–Kier alpha value is -2.14. The molecule has 0 unspecified atom stereocenters. The second-order valence-electron chi connectivity index (χ2n) is 3.86. The molecule has 0 saturated heterocycles. The van der Waals surface area contributed by atoms with E-state index in [2.05, 4.69) is 4.98 Å². The van der Waals surface area contributed by atoms with Gasteiger partial charge in [-0.15, -0.1) is 11.3 Å². The molecule has 0 fully saturated rings. The fraction of sp³-hybridized carbons (Fsp3) is 0.0714. The molecule has 2 heterocycles. The van der Waals surface area contributed by atoms with Crippen molar-refractivity contribution >= 4 is 11.3 Å². The lowest BCUT2D eigenvalue weighted by molar-refractivity contribution is 0.300. The zero-order valence-corrected chi connectivity index (χ0v) is 10.7. The molecular formula is C14H10FNO2S. The summed E-state index contributed by atoms with van der Waals surface area (Å²) in [6, 6.07) is 9.76. The Kier molecular flexibility index (Phi) is 3.29. The van der Waals surface area contributed by atoms with Gasteiger partial charge < -0.3 is 9.15 Å². The monoisotopic (exact) mass is 275 g/mol. The largest absolute Gasteiger partial charge is 0.487 e.